The lowest BCUT2D eigenvalue weighted by molar-refractivity contribution is 0.0522. The fourth-order valence-electron chi connectivity index (χ4n) is 1.82. The summed E-state index contributed by atoms with van der Waals surface area (Å²) in [5.41, 5.74) is 7.36. The Kier molecular flexibility index (Phi) is 2.91. The zero-order chi connectivity index (χ0) is 10.0. The van der Waals surface area contributed by atoms with Crippen LogP contribution in [0.1, 0.15) is 18.4 Å². The van der Waals surface area contributed by atoms with E-state index in [0.717, 1.165) is 30.5 Å². The number of halogens is 1. The van der Waals surface area contributed by atoms with Gasteiger partial charge in [-0.3, -0.25) is 0 Å². The summed E-state index contributed by atoms with van der Waals surface area (Å²) in [4.78, 5) is 0. The van der Waals surface area contributed by atoms with Crippen LogP contribution in [0.5, 0.6) is 0 Å². The standard InChI is InChI=1S/C11H14BrNO/c12-10-3-1-2-9(8-10)11(13)4-6-14-7-5-11/h1-3,8H,4-7,13H2. The fraction of sp³-hybridized carbons (Fsp3) is 0.455. The molecule has 0 saturated carbocycles. The molecule has 1 fully saturated rings. The van der Waals surface area contributed by atoms with Gasteiger partial charge >= 0.3 is 0 Å². The van der Waals surface area contributed by atoms with E-state index < -0.39 is 0 Å². The molecule has 0 unspecified atom stereocenters. The van der Waals surface area contributed by atoms with Crippen LogP contribution < -0.4 is 5.73 Å². The molecule has 3 heteroatoms. The number of ether oxygens (including phenoxy) is 1. The molecule has 2 nitrogen and oxygen atoms in total. The molecule has 2 rings (SSSR count). The zero-order valence-corrected chi connectivity index (χ0v) is 9.59. The summed E-state index contributed by atoms with van der Waals surface area (Å²) >= 11 is 3.47. The molecule has 1 saturated heterocycles. The van der Waals surface area contributed by atoms with Crippen molar-refractivity contribution in [2.45, 2.75) is 18.4 Å². The van der Waals surface area contributed by atoms with Crippen molar-refractivity contribution >= 4 is 15.9 Å². The Labute approximate surface area is 92.6 Å². The van der Waals surface area contributed by atoms with Crippen molar-refractivity contribution in [2.24, 2.45) is 5.73 Å². The van der Waals surface area contributed by atoms with Crippen LogP contribution in [0.4, 0.5) is 0 Å². The van der Waals surface area contributed by atoms with Gasteiger partial charge in [0.05, 0.1) is 0 Å². The highest BCUT2D eigenvalue weighted by atomic mass is 79.9. The molecule has 0 aromatic heterocycles. The molecule has 1 aromatic rings. The van der Waals surface area contributed by atoms with Crippen molar-refractivity contribution in [3.05, 3.63) is 34.3 Å². The molecular formula is C11H14BrNO. The van der Waals surface area contributed by atoms with Crippen molar-refractivity contribution in [2.75, 3.05) is 13.2 Å². The van der Waals surface area contributed by atoms with Crippen LogP contribution in [0.25, 0.3) is 0 Å². The van der Waals surface area contributed by atoms with Gasteiger partial charge in [-0.05, 0) is 30.5 Å². The minimum absolute atomic E-state index is 0.192. The maximum absolute atomic E-state index is 6.35. The van der Waals surface area contributed by atoms with Crippen LogP contribution in [0, 0.1) is 0 Å². The van der Waals surface area contributed by atoms with E-state index in [1.807, 2.05) is 12.1 Å². The van der Waals surface area contributed by atoms with E-state index in [1.165, 1.54) is 5.56 Å². The summed E-state index contributed by atoms with van der Waals surface area (Å²) in [6, 6.07) is 8.25. The molecule has 14 heavy (non-hydrogen) atoms. The lowest BCUT2D eigenvalue weighted by atomic mass is 9.84. The average Bonchev–Trinajstić information content (AvgIpc) is 2.19. The Balaban J connectivity index is 2.28. The number of hydrogen-bond donors (Lipinski definition) is 1. The van der Waals surface area contributed by atoms with Crippen molar-refractivity contribution in [1.82, 2.24) is 0 Å². The first-order chi connectivity index (χ1) is 6.71. The molecule has 1 aromatic carbocycles. The number of hydrogen-bond acceptors (Lipinski definition) is 2. The van der Waals surface area contributed by atoms with Crippen LogP contribution in [0.2, 0.25) is 0 Å². The van der Waals surface area contributed by atoms with E-state index in [2.05, 4.69) is 28.1 Å². The molecule has 1 aliphatic rings. The largest absolute Gasteiger partial charge is 0.381 e. The molecule has 0 aliphatic carbocycles. The first-order valence-electron chi connectivity index (χ1n) is 4.83. The summed E-state index contributed by atoms with van der Waals surface area (Å²) in [5.74, 6) is 0. The molecule has 1 aliphatic heterocycles. The second-order valence-corrected chi connectivity index (χ2v) is 4.69. The van der Waals surface area contributed by atoms with Gasteiger partial charge in [0.25, 0.3) is 0 Å². The Morgan fingerprint density at radius 1 is 1.29 bits per heavy atom. The Bertz CT molecular complexity index is 321. The summed E-state index contributed by atoms with van der Waals surface area (Å²) in [5, 5.41) is 0. The first-order valence-corrected chi connectivity index (χ1v) is 5.63. The van der Waals surface area contributed by atoms with Gasteiger partial charge in [-0.15, -0.1) is 0 Å². The zero-order valence-electron chi connectivity index (χ0n) is 8.00. The van der Waals surface area contributed by atoms with Crippen LogP contribution >= 0.6 is 15.9 Å². The highest BCUT2D eigenvalue weighted by Crippen LogP contribution is 2.30. The third-order valence-corrected chi connectivity index (χ3v) is 3.28. The van der Waals surface area contributed by atoms with Gasteiger partial charge in [0.15, 0.2) is 0 Å². The van der Waals surface area contributed by atoms with Crippen LogP contribution in [-0.2, 0) is 10.3 Å². The Morgan fingerprint density at radius 2 is 2.00 bits per heavy atom. The third-order valence-electron chi connectivity index (χ3n) is 2.78. The van der Waals surface area contributed by atoms with Gasteiger partial charge in [-0.25, -0.2) is 0 Å². The highest BCUT2D eigenvalue weighted by molar-refractivity contribution is 9.10. The van der Waals surface area contributed by atoms with Crippen LogP contribution in [0.3, 0.4) is 0 Å². The van der Waals surface area contributed by atoms with E-state index in [-0.39, 0.29) is 5.54 Å². The third kappa shape index (κ3) is 2.00. The normalized spacial score (nSPS) is 20.7. The van der Waals surface area contributed by atoms with E-state index in [0.29, 0.717) is 0 Å². The maximum atomic E-state index is 6.35. The van der Waals surface area contributed by atoms with Gasteiger partial charge in [0.1, 0.15) is 0 Å². The molecule has 76 valence electrons. The van der Waals surface area contributed by atoms with Crippen LogP contribution in [-0.4, -0.2) is 13.2 Å². The quantitative estimate of drug-likeness (QED) is 0.837. The summed E-state index contributed by atoms with van der Waals surface area (Å²) in [6.07, 6.45) is 1.81. The molecule has 2 N–H and O–H groups in total. The molecule has 1 heterocycles. The molecule has 0 atom stereocenters. The van der Waals surface area contributed by atoms with E-state index in [4.69, 9.17) is 10.5 Å². The van der Waals surface area contributed by atoms with Crippen molar-refractivity contribution in [1.29, 1.82) is 0 Å². The number of benzene rings is 1. The molecule has 0 radical (unpaired) electrons. The van der Waals surface area contributed by atoms with Gasteiger partial charge in [-0.2, -0.15) is 0 Å². The predicted molar refractivity (Wildman–Crippen MR) is 60.1 cm³/mol. The topological polar surface area (TPSA) is 35.2 Å². The molecule has 0 bridgehead atoms. The minimum atomic E-state index is -0.192. The SMILES string of the molecule is NC1(c2cccc(Br)c2)CCOCC1. The molecule has 0 amide bonds. The van der Waals surface area contributed by atoms with Crippen LogP contribution in [0.15, 0.2) is 28.7 Å². The maximum Gasteiger partial charge on any atom is 0.0486 e. The van der Waals surface area contributed by atoms with Gasteiger partial charge in [-0.1, -0.05) is 28.1 Å². The van der Waals surface area contributed by atoms with E-state index in [1.54, 1.807) is 0 Å². The smallest absolute Gasteiger partial charge is 0.0486 e. The van der Waals surface area contributed by atoms with Crippen molar-refractivity contribution < 1.29 is 4.74 Å². The second-order valence-electron chi connectivity index (χ2n) is 3.78. The van der Waals surface area contributed by atoms with E-state index >= 15 is 0 Å². The van der Waals surface area contributed by atoms with Gasteiger partial charge < -0.3 is 10.5 Å². The number of nitrogens with two attached hydrogens (primary N) is 1. The summed E-state index contributed by atoms with van der Waals surface area (Å²) < 4.78 is 6.41. The molecule has 0 spiro atoms. The van der Waals surface area contributed by atoms with E-state index in [9.17, 15) is 0 Å². The molecular weight excluding hydrogens is 242 g/mol. The van der Waals surface area contributed by atoms with Crippen molar-refractivity contribution in [3.63, 3.8) is 0 Å². The summed E-state index contributed by atoms with van der Waals surface area (Å²) in [6.45, 7) is 1.53. The van der Waals surface area contributed by atoms with Gasteiger partial charge in [0.2, 0.25) is 0 Å². The number of rotatable bonds is 1. The minimum Gasteiger partial charge on any atom is -0.381 e. The fourth-order valence-corrected chi connectivity index (χ4v) is 2.22. The predicted octanol–water partition coefficient (Wildman–Crippen LogP) is 2.41. The Morgan fingerprint density at radius 3 is 2.64 bits per heavy atom. The second kappa shape index (κ2) is 4.01. The average molecular weight is 256 g/mol. The van der Waals surface area contributed by atoms with Crippen molar-refractivity contribution in [3.8, 4) is 0 Å². The highest BCUT2D eigenvalue weighted by Gasteiger charge is 2.29. The summed E-state index contributed by atoms with van der Waals surface area (Å²) in [7, 11) is 0. The lowest BCUT2D eigenvalue weighted by Gasteiger charge is -2.33. The van der Waals surface area contributed by atoms with Gasteiger partial charge in [0, 0.05) is 23.2 Å². The lowest BCUT2D eigenvalue weighted by Crippen LogP contribution is -2.42. The monoisotopic (exact) mass is 255 g/mol. The first kappa shape index (κ1) is 10.1. The Hall–Kier alpha value is -0.380.